The van der Waals surface area contributed by atoms with Crippen molar-refractivity contribution in [3.05, 3.63) is 22.8 Å². The van der Waals surface area contributed by atoms with Crippen molar-refractivity contribution in [2.75, 3.05) is 26.7 Å². The van der Waals surface area contributed by atoms with Crippen LogP contribution in [0.3, 0.4) is 0 Å². The Morgan fingerprint density at radius 1 is 1.48 bits per heavy atom. The minimum atomic E-state index is -4.48. The van der Waals surface area contributed by atoms with Crippen LogP contribution in [0.4, 0.5) is 13.2 Å². The standard InChI is InChI=1S/C14H17ClF3N3O2/c1-21-4-2-10(3-5-21)20-12(22)9-6-11(15)13(19-7-9)23-8-14(16,17)18/h6-7,10H,2-5,8H2,1H3,(H,20,22). The number of hydrogen-bond acceptors (Lipinski definition) is 4. The van der Waals surface area contributed by atoms with Gasteiger partial charge in [0.15, 0.2) is 6.61 Å². The Labute approximate surface area is 136 Å². The molecule has 0 unspecified atom stereocenters. The van der Waals surface area contributed by atoms with E-state index in [9.17, 15) is 18.0 Å². The first-order chi connectivity index (χ1) is 10.7. The van der Waals surface area contributed by atoms with Crippen molar-refractivity contribution in [1.82, 2.24) is 15.2 Å². The third-order valence-corrected chi connectivity index (χ3v) is 3.77. The van der Waals surface area contributed by atoms with E-state index in [0.717, 1.165) is 32.1 Å². The molecule has 5 nitrogen and oxygen atoms in total. The van der Waals surface area contributed by atoms with Gasteiger partial charge >= 0.3 is 6.18 Å². The maximum atomic E-state index is 12.1. The number of nitrogens with zero attached hydrogens (tertiary/aromatic N) is 2. The quantitative estimate of drug-likeness (QED) is 0.905. The summed E-state index contributed by atoms with van der Waals surface area (Å²) >= 11 is 5.82. The molecule has 9 heteroatoms. The van der Waals surface area contributed by atoms with Crippen LogP contribution in [0, 0.1) is 0 Å². The summed E-state index contributed by atoms with van der Waals surface area (Å²) in [5.74, 6) is -0.698. The zero-order valence-corrected chi connectivity index (χ0v) is 13.2. The SMILES string of the molecule is CN1CCC(NC(=O)c2cnc(OCC(F)(F)F)c(Cl)c2)CC1. The lowest BCUT2D eigenvalue weighted by Gasteiger charge is -2.29. The number of ether oxygens (including phenoxy) is 1. The number of likely N-dealkylation sites (tertiary alicyclic amines) is 1. The molecule has 1 aliphatic rings. The fourth-order valence-electron chi connectivity index (χ4n) is 2.23. The van der Waals surface area contributed by atoms with Gasteiger partial charge in [0.2, 0.25) is 5.88 Å². The lowest BCUT2D eigenvalue weighted by Crippen LogP contribution is -2.43. The van der Waals surface area contributed by atoms with Gasteiger partial charge in [-0.3, -0.25) is 4.79 Å². The highest BCUT2D eigenvalue weighted by atomic mass is 35.5. The zero-order valence-electron chi connectivity index (χ0n) is 12.5. The molecule has 0 aromatic carbocycles. The molecule has 128 valence electrons. The number of carbonyl (C=O) groups excluding carboxylic acids is 1. The summed E-state index contributed by atoms with van der Waals surface area (Å²) in [6.07, 6.45) is -1.64. The molecule has 1 saturated heterocycles. The van der Waals surface area contributed by atoms with E-state index in [-0.39, 0.29) is 28.4 Å². The molecule has 1 fully saturated rings. The van der Waals surface area contributed by atoms with Crippen LogP contribution in [0.25, 0.3) is 0 Å². The van der Waals surface area contributed by atoms with Crippen molar-refractivity contribution in [3.63, 3.8) is 0 Å². The Morgan fingerprint density at radius 3 is 2.70 bits per heavy atom. The number of carbonyl (C=O) groups is 1. The number of alkyl halides is 3. The predicted octanol–water partition coefficient (Wildman–Crippen LogP) is 2.50. The summed E-state index contributed by atoms with van der Waals surface area (Å²) < 4.78 is 40.8. The van der Waals surface area contributed by atoms with Crippen LogP contribution in [0.1, 0.15) is 23.2 Å². The molecular weight excluding hydrogens is 335 g/mol. The fraction of sp³-hybridized carbons (Fsp3) is 0.571. The van der Waals surface area contributed by atoms with Crippen LogP contribution in [0.15, 0.2) is 12.3 Å². The van der Waals surface area contributed by atoms with Crippen molar-refractivity contribution in [2.24, 2.45) is 0 Å². The minimum Gasteiger partial charge on any atom is -0.467 e. The summed E-state index contributed by atoms with van der Waals surface area (Å²) in [5.41, 5.74) is 0.188. The van der Waals surface area contributed by atoms with Crippen LogP contribution >= 0.6 is 11.6 Å². The van der Waals surface area contributed by atoms with Crippen molar-refractivity contribution >= 4 is 17.5 Å². The van der Waals surface area contributed by atoms with Crippen LogP contribution in [0.2, 0.25) is 5.02 Å². The second kappa shape index (κ2) is 7.35. The maximum Gasteiger partial charge on any atom is 0.422 e. The molecule has 2 heterocycles. The van der Waals surface area contributed by atoms with Crippen molar-refractivity contribution in [3.8, 4) is 5.88 Å². The maximum absolute atomic E-state index is 12.1. The summed E-state index contributed by atoms with van der Waals surface area (Å²) in [4.78, 5) is 18.0. The molecule has 0 saturated carbocycles. The number of amides is 1. The first-order valence-corrected chi connectivity index (χ1v) is 7.47. The molecule has 1 aliphatic heterocycles. The molecule has 1 aromatic rings. The Bertz CT molecular complexity index is 561. The first kappa shape index (κ1) is 17.8. The molecule has 0 atom stereocenters. The van der Waals surface area contributed by atoms with Crippen LogP contribution in [-0.4, -0.2) is 54.8 Å². The average Bonchev–Trinajstić information content (AvgIpc) is 2.47. The van der Waals surface area contributed by atoms with E-state index < -0.39 is 12.8 Å². The second-order valence-electron chi connectivity index (χ2n) is 5.47. The monoisotopic (exact) mass is 351 g/mol. The van der Waals surface area contributed by atoms with Gasteiger partial charge in [0.1, 0.15) is 5.02 Å². The Morgan fingerprint density at radius 2 is 2.13 bits per heavy atom. The summed E-state index contributed by atoms with van der Waals surface area (Å²) in [6.45, 7) is 0.309. The minimum absolute atomic E-state index is 0.0682. The first-order valence-electron chi connectivity index (χ1n) is 7.09. The number of pyridine rings is 1. The number of aromatic nitrogens is 1. The highest BCUT2D eigenvalue weighted by Crippen LogP contribution is 2.25. The van der Waals surface area contributed by atoms with Crippen molar-refractivity contribution < 1.29 is 22.7 Å². The average molecular weight is 352 g/mol. The van der Waals surface area contributed by atoms with Gasteiger partial charge in [-0.25, -0.2) is 4.98 Å². The Hall–Kier alpha value is -1.54. The lowest BCUT2D eigenvalue weighted by atomic mass is 10.1. The molecule has 2 rings (SSSR count). The summed E-state index contributed by atoms with van der Waals surface area (Å²) in [7, 11) is 2.02. The number of nitrogens with one attached hydrogen (secondary N) is 1. The van der Waals surface area contributed by atoms with E-state index in [1.54, 1.807) is 0 Å². The van der Waals surface area contributed by atoms with E-state index in [1.807, 2.05) is 7.05 Å². The molecule has 0 bridgehead atoms. The van der Waals surface area contributed by atoms with Gasteiger partial charge in [-0.15, -0.1) is 0 Å². The largest absolute Gasteiger partial charge is 0.467 e. The van der Waals surface area contributed by atoms with Crippen molar-refractivity contribution in [1.29, 1.82) is 0 Å². The smallest absolute Gasteiger partial charge is 0.422 e. The van der Waals surface area contributed by atoms with E-state index >= 15 is 0 Å². The van der Waals surface area contributed by atoms with E-state index in [4.69, 9.17) is 11.6 Å². The molecule has 1 N–H and O–H groups in total. The van der Waals surface area contributed by atoms with Gasteiger partial charge in [0, 0.05) is 12.2 Å². The molecule has 0 spiro atoms. The second-order valence-corrected chi connectivity index (χ2v) is 5.87. The predicted molar refractivity (Wildman–Crippen MR) is 78.8 cm³/mol. The third-order valence-electron chi connectivity index (χ3n) is 3.50. The molecule has 0 aliphatic carbocycles. The number of hydrogen-bond donors (Lipinski definition) is 1. The number of rotatable bonds is 4. The molecule has 23 heavy (non-hydrogen) atoms. The van der Waals surface area contributed by atoms with Gasteiger partial charge in [0.25, 0.3) is 5.91 Å². The molecule has 1 amide bonds. The highest BCUT2D eigenvalue weighted by molar-refractivity contribution is 6.32. The third kappa shape index (κ3) is 5.54. The lowest BCUT2D eigenvalue weighted by molar-refractivity contribution is -0.154. The topological polar surface area (TPSA) is 54.5 Å². The molecule has 0 radical (unpaired) electrons. The van der Waals surface area contributed by atoms with Gasteiger partial charge < -0.3 is 15.0 Å². The van der Waals surface area contributed by atoms with Crippen molar-refractivity contribution in [2.45, 2.75) is 25.1 Å². The van der Waals surface area contributed by atoms with E-state index in [1.165, 1.54) is 6.07 Å². The zero-order chi connectivity index (χ0) is 17.0. The van der Waals surface area contributed by atoms with Gasteiger partial charge in [-0.1, -0.05) is 11.6 Å². The Kier molecular flexibility index (Phi) is 5.69. The van der Waals surface area contributed by atoms with E-state index in [0.29, 0.717) is 0 Å². The molecule has 1 aromatic heterocycles. The van der Waals surface area contributed by atoms with Gasteiger partial charge in [-0.2, -0.15) is 13.2 Å². The number of halogens is 4. The normalized spacial score (nSPS) is 17.1. The van der Waals surface area contributed by atoms with Crippen LogP contribution in [-0.2, 0) is 0 Å². The van der Waals surface area contributed by atoms with Gasteiger partial charge in [0.05, 0.1) is 5.56 Å². The van der Waals surface area contributed by atoms with Gasteiger partial charge in [-0.05, 0) is 39.0 Å². The Balaban J connectivity index is 1.95. The summed E-state index contributed by atoms with van der Waals surface area (Å²) in [5, 5.41) is 2.74. The van der Waals surface area contributed by atoms with Crippen LogP contribution in [0.5, 0.6) is 5.88 Å². The number of piperidine rings is 1. The fourth-order valence-corrected chi connectivity index (χ4v) is 2.45. The highest BCUT2D eigenvalue weighted by Gasteiger charge is 2.29. The van der Waals surface area contributed by atoms with Crippen LogP contribution < -0.4 is 10.1 Å². The summed E-state index contributed by atoms with van der Waals surface area (Å²) in [6, 6.07) is 1.32. The van der Waals surface area contributed by atoms with E-state index in [2.05, 4.69) is 19.9 Å². The molecular formula is C14H17ClF3N3O2.